The lowest BCUT2D eigenvalue weighted by molar-refractivity contribution is -0.119. The van der Waals surface area contributed by atoms with Crippen molar-refractivity contribution in [3.8, 4) is 11.5 Å². The predicted octanol–water partition coefficient (Wildman–Crippen LogP) is 3.67. The number of hydrazone groups is 1. The zero-order chi connectivity index (χ0) is 19.3. The number of amides is 1. The van der Waals surface area contributed by atoms with Crippen molar-refractivity contribution < 1.29 is 14.3 Å². The van der Waals surface area contributed by atoms with Crippen LogP contribution in [0.4, 0.5) is 5.13 Å². The van der Waals surface area contributed by atoms with Gasteiger partial charge in [-0.3, -0.25) is 4.79 Å². The van der Waals surface area contributed by atoms with Gasteiger partial charge in [-0.25, -0.2) is 10.4 Å². The third-order valence-corrected chi connectivity index (χ3v) is 5.20. The number of hydrogen-bond acceptors (Lipinski definition) is 7. The summed E-state index contributed by atoms with van der Waals surface area (Å²) in [4.78, 5) is 16.4. The minimum absolute atomic E-state index is 0.0685. The van der Waals surface area contributed by atoms with Crippen molar-refractivity contribution in [3.63, 3.8) is 0 Å². The molecule has 1 aliphatic heterocycles. The molecule has 28 heavy (non-hydrogen) atoms. The van der Waals surface area contributed by atoms with Gasteiger partial charge in [-0.2, -0.15) is 5.10 Å². The molecule has 0 saturated carbocycles. The van der Waals surface area contributed by atoms with E-state index in [4.69, 9.17) is 21.1 Å². The smallest absolute Gasteiger partial charge is 0.259 e. The molecule has 144 valence electrons. The van der Waals surface area contributed by atoms with E-state index in [1.54, 1.807) is 12.1 Å². The van der Waals surface area contributed by atoms with E-state index in [1.807, 2.05) is 24.3 Å². The standard InChI is InChI=1S/C19H17ClN4O3S/c20-13-8-12(9-15-18(13)27-7-3-6-26-15)10-22-24-17(25)11-21-19-23-14-4-1-2-5-16(14)28-19/h1-2,4-5,8-10H,3,6-7,11H2,(H,21,23)(H,24,25)/b22-10-. The van der Waals surface area contributed by atoms with Crippen LogP contribution in [-0.4, -0.2) is 36.9 Å². The van der Waals surface area contributed by atoms with Crippen molar-refractivity contribution >= 4 is 50.4 Å². The number of carbonyl (C=O) groups excluding carboxylic acids is 1. The molecule has 7 nitrogen and oxygen atoms in total. The number of fused-ring (bicyclic) bond motifs is 2. The molecule has 0 saturated heterocycles. The van der Waals surface area contributed by atoms with E-state index in [1.165, 1.54) is 17.6 Å². The first kappa shape index (κ1) is 18.5. The number of thiazole rings is 1. The Bertz CT molecular complexity index is 1000. The number of para-hydroxylation sites is 1. The molecule has 0 bridgehead atoms. The number of aromatic nitrogens is 1. The van der Waals surface area contributed by atoms with Crippen LogP contribution in [0.15, 0.2) is 41.5 Å². The third kappa shape index (κ3) is 4.35. The maximum Gasteiger partial charge on any atom is 0.259 e. The first-order chi connectivity index (χ1) is 13.7. The van der Waals surface area contributed by atoms with Crippen LogP contribution in [0.3, 0.4) is 0 Å². The second-order valence-corrected chi connectivity index (χ2v) is 7.45. The minimum atomic E-state index is -0.282. The summed E-state index contributed by atoms with van der Waals surface area (Å²) in [5, 5.41) is 8.12. The number of nitrogens with one attached hydrogen (secondary N) is 2. The van der Waals surface area contributed by atoms with E-state index in [-0.39, 0.29) is 12.5 Å². The van der Waals surface area contributed by atoms with E-state index in [0.717, 1.165) is 16.6 Å². The highest BCUT2D eigenvalue weighted by atomic mass is 35.5. The van der Waals surface area contributed by atoms with Crippen molar-refractivity contribution in [1.82, 2.24) is 10.4 Å². The summed E-state index contributed by atoms with van der Waals surface area (Å²) in [7, 11) is 0. The van der Waals surface area contributed by atoms with E-state index in [0.29, 0.717) is 40.4 Å². The molecule has 9 heteroatoms. The van der Waals surface area contributed by atoms with Crippen LogP contribution in [0.2, 0.25) is 5.02 Å². The fourth-order valence-electron chi connectivity index (χ4n) is 2.65. The molecule has 0 aliphatic carbocycles. The van der Waals surface area contributed by atoms with Gasteiger partial charge in [-0.05, 0) is 29.8 Å². The average molecular weight is 417 g/mol. The van der Waals surface area contributed by atoms with Gasteiger partial charge in [0.15, 0.2) is 16.6 Å². The van der Waals surface area contributed by atoms with Gasteiger partial charge < -0.3 is 14.8 Å². The molecular formula is C19H17ClN4O3S. The maximum atomic E-state index is 12.0. The van der Waals surface area contributed by atoms with Gasteiger partial charge in [0.2, 0.25) is 0 Å². The second-order valence-electron chi connectivity index (χ2n) is 6.01. The van der Waals surface area contributed by atoms with Crippen molar-refractivity contribution in [1.29, 1.82) is 0 Å². The number of halogens is 1. The van der Waals surface area contributed by atoms with Gasteiger partial charge in [-0.15, -0.1) is 0 Å². The van der Waals surface area contributed by atoms with Gasteiger partial charge in [0.25, 0.3) is 5.91 Å². The lowest BCUT2D eigenvalue weighted by Crippen LogP contribution is -2.25. The summed E-state index contributed by atoms with van der Waals surface area (Å²) < 4.78 is 12.3. The highest BCUT2D eigenvalue weighted by molar-refractivity contribution is 7.22. The van der Waals surface area contributed by atoms with Crippen molar-refractivity contribution in [2.24, 2.45) is 5.10 Å². The number of anilines is 1. The Labute approximate surface area is 170 Å². The predicted molar refractivity (Wildman–Crippen MR) is 111 cm³/mol. The fourth-order valence-corrected chi connectivity index (χ4v) is 3.78. The van der Waals surface area contributed by atoms with Crippen LogP contribution in [0.1, 0.15) is 12.0 Å². The van der Waals surface area contributed by atoms with Crippen molar-refractivity contribution in [2.75, 3.05) is 25.1 Å². The van der Waals surface area contributed by atoms with Crippen LogP contribution in [-0.2, 0) is 4.79 Å². The summed E-state index contributed by atoms with van der Waals surface area (Å²) in [6, 6.07) is 11.3. The molecule has 2 heterocycles. The zero-order valence-corrected chi connectivity index (χ0v) is 16.3. The Morgan fingerprint density at radius 3 is 3.04 bits per heavy atom. The van der Waals surface area contributed by atoms with E-state index in [2.05, 4.69) is 20.8 Å². The number of carbonyl (C=O) groups is 1. The van der Waals surface area contributed by atoms with Crippen LogP contribution in [0.5, 0.6) is 11.5 Å². The van der Waals surface area contributed by atoms with E-state index < -0.39 is 0 Å². The number of nitrogens with zero attached hydrogens (tertiary/aromatic N) is 2. The molecule has 0 unspecified atom stereocenters. The summed E-state index contributed by atoms with van der Waals surface area (Å²) >= 11 is 7.74. The average Bonchev–Trinajstić information content (AvgIpc) is 2.95. The van der Waals surface area contributed by atoms with Gasteiger partial charge in [0.05, 0.1) is 41.2 Å². The molecule has 2 N–H and O–H groups in total. The minimum Gasteiger partial charge on any atom is -0.489 e. The molecule has 1 aliphatic rings. The molecule has 1 aromatic heterocycles. The van der Waals surface area contributed by atoms with Crippen molar-refractivity contribution in [2.45, 2.75) is 6.42 Å². The summed E-state index contributed by atoms with van der Waals surface area (Å²) in [5.41, 5.74) is 4.08. The number of ether oxygens (including phenoxy) is 2. The van der Waals surface area contributed by atoms with Crippen LogP contribution in [0.25, 0.3) is 10.2 Å². The normalized spacial score (nSPS) is 13.5. The molecule has 2 aromatic carbocycles. The first-order valence-electron chi connectivity index (χ1n) is 8.69. The van der Waals surface area contributed by atoms with Crippen LogP contribution >= 0.6 is 22.9 Å². The highest BCUT2D eigenvalue weighted by Gasteiger charge is 2.15. The topological polar surface area (TPSA) is 84.8 Å². The Balaban J connectivity index is 1.33. The molecule has 0 spiro atoms. The SMILES string of the molecule is O=C(CNc1nc2ccccc2s1)N/N=C\c1cc(Cl)c2c(c1)OCCCO2. The molecule has 0 atom stereocenters. The molecule has 1 amide bonds. The maximum absolute atomic E-state index is 12.0. The van der Waals surface area contributed by atoms with Gasteiger partial charge in [0, 0.05) is 6.42 Å². The zero-order valence-electron chi connectivity index (χ0n) is 14.8. The van der Waals surface area contributed by atoms with Crippen molar-refractivity contribution in [3.05, 3.63) is 47.0 Å². The molecule has 4 rings (SSSR count). The Kier molecular flexibility index (Phi) is 5.59. The third-order valence-electron chi connectivity index (χ3n) is 3.92. The van der Waals surface area contributed by atoms with Gasteiger partial charge in [0.1, 0.15) is 0 Å². The number of hydrogen-bond donors (Lipinski definition) is 2. The first-order valence-corrected chi connectivity index (χ1v) is 9.89. The molecule has 3 aromatic rings. The Hall–Kier alpha value is -2.84. The Morgan fingerprint density at radius 2 is 2.14 bits per heavy atom. The summed E-state index contributed by atoms with van der Waals surface area (Å²) in [6.45, 7) is 1.20. The number of benzene rings is 2. The highest BCUT2D eigenvalue weighted by Crippen LogP contribution is 2.37. The number of rotatable bonds is 5. The largest absolute Gasteiger partial charge is 0.489 e. The van der Waals surface area contributed by atoms with Crippen LogP contribution < -0.4 is 20.2 Å². The monoisotopic (exact) mass is 416 g/mol. The molecule has 0 radical (unpaired) electrons. The summed E-state index contributed by atoms with van der Waals surface area (Å²) in [6.07, 6.45) is 2.31. The lowest BCUT2D eigenvalue weighted by Gasteiger charge is -2.09. The Morgan fingerprint density at radius 1 is 1.29 bits per heavy atom. The summed E-state index contributed by atoms with van der Waals surface area (Å²) in [5.74, 6) is 0.839. The van der Waals surface area contributed by atoms with E-state index in [9.17, 15) is 4.79 Å². The molecular weight excluding hydrogens is 400 g/mol. The second kappa shape index (κ2) is 8.45. The lowest BCUT2D eigenvalue weighted by atomic mass is 10.2. The van der Waals surface area contributed by atoms with E-state index >= 15 is 0 Å². The van der Waals surface area contributed by atoms with Crippen LogP contribution in [0, 0.1) is 0 Å². The molecule has 0 fully saturated rings. The fraction of sp³-hybridized carbons (Fsp3) is 0.211. The van der Waals surface area contributed by atoms with Gasteiger partial charge >= 0.3 is 0 Å². The quantitative estimate of drug-likeness (QED) is 0.489. The van der Waals surface area contributed by atoms with Gasteiger partial charge in [-0.1, -0.05) is 35.1 Å².